The maximum atomic E-state index is 11.6. The van der Waals surface area contributed by atoms with Crippen molar-refractivity contribution < 1.29 is 4.79 Å². The van der Waals surface area contributed by atoms with Gasteiger partial charge in [-0.15, -0.1) is 0 Å². The molecule has 0 saturated carbocycles. The minimum atomic E-state index is 0.0807. The molecule has 0 saturated heterocycles. The van der Waals surface area contributed by atoms with E-state index in [-0.39, 0.29) is 11.9 Å². The number of aromatic amines is 1. The van der Waals surface area contributed by atoms with Crippen LogP contribution in [0.2, 0.25) is 0 Å². The van der Waals surface area contributed by atoms with E-state index in [0.717, 1.165) is 18.4 Å². The molecule has 1 unspecified atom stereocenters. The summed E-state index contributed by atoms with van der Waals surface area (Å²) in [7, 11) is 0. The minimum Gasteiger partial charge on any atom is -0.361 e. The molecule has 4 nitrogen and oxygen atoms in total. The molecule has 0 bridgehead atoms. The predicted molar refractivity (Wildman–Crippen MR) is 77.9 cm³/mol. The second-order valence-corrected chi connectivity index (χ2v) is 4.98. The first kappa shape index (κ1) is 13.6. The van der Waals surface area contributed by atoms with Gasteiger partial charge in [-0.3, -0.25) is 4.79 Å². The predicted octanol–water partition coefficient (Wildman–Crippen LogP) is 1.95. The van der Waals surface area contributed by atoms with Crippen LogP contribution in [-0.2, 0) is 11.2 Å². The van der Waals surface area contributed by atoms with Crippen LogP contribution in [0, 0.1) is 0 Å². The lowest BCUT2D eigenvalue weighted by Crippen LogP contribution is -2.27. The van der Waals surface area contributed by atoms with Gasteiger partial charge >= 0.3 is 0 Å². The smallest absolute Gasteiger partial charge is 0.220 e. The third-order valence-corrected chi connectivity index (χ3v) is 3.22. The highest BCUT2D eigenvalue weighted by Gasteiger charge is 2.05. The van der Waals surface area contributed by atoms with E-state index < -0.39 is 0 Å². The van der Waals surface area contributed by atoms with E-state index in [2.05, 4.69) is 22.4 Å². The van der Waals surface area contributed by atoms with Gasteiger partial charge < -0.3 is 16.0 Å². The molecule has 19 heavy (non-hydrogen) atoms. The summed E-state index contributed by atoms with van der Waals surface area (Å²) in [6.45, 7) is 2.58. The molecular formula is C15H21N3O. The Labute approximate surface area is 113 Å². The number of carbonyl (C=O) groups is 1. The summed E-state index contributed by atoms with van der Waals surface area (Å²) < 4.78 is 0. The summed E-state index contributed by atoms with van der Waals surface area (Å²) in [5.74, 6) is 0.0807. The van der Waals surface area contributed by atoms with Gasteiger partial charge in [0.25, 0.3) is 0 Å². The highest BCUT2D eigenvalue weighted by atomic mass is 16.1. The zero-order valence-corrected chi connectivity index (χ0v) is 11.3. The third kappa shape index (κ3) is 3.83. The lowest BCUT2D eigenvalue weighted by Gasteiger charge is -2.06. The number of nitrogens with two attached hydrogens (primary N) is 1. The van der Waals surface area contributed by atoms with Crippen LogP contribution < -0.4 is 11.1 Å². The number of hydrogen-bond acceptors (Lipinski definition) is 2. The average molecular weight is 259 g/mol. The number of hydrogen-bond donors (Lipinski definition) is 3. The van der Waals surface area contributed by atoms with Crippen LogP contribution >= 0.6 is 0 Å². The number of rotatable bonds is 6. The number of amides is 1. The Morgan fingerprint density at radius 2 is 2.21 bits per heavy atom. The molecule has 0 radical (unpaired) electrons. The second kappa shape index (κ2) is 6.38. The highest BCUT2D eigenvalue weighted by molar-refractivity contribution is 5.83. The van der Waals surface area contributed by atoms with Crippen molar-refractivity contribution >= 4 is 16.8 Å². The Morgan fingerprint density at radius 1 is 1.42 bits per heavy atom. The molecule has 1 atom stereocenters. The topological polar surface area (TPSA) is 70.9 Å². The van der Waals surface area contributed by atoms with E-state index in [1.165, 1.54) is 10.9 Å². The van der Waals surface area contributed by atoms with Gasteiger partial charge in [-0.25, -0.2) is 0 Å². The summed E-state index contributed by atoms with van der Waals surface area (Å²) >= 11 is 0. The van der Waals surface area contributed by atoms with Crippen molar-refractivity contribution in [2.24, 2.45) is 5.73 Å². The van der Waals surface area contributed by atoms with Gasteiger partial charge in [-0.2, -0.15) is 0 Å². The zero-order valence-electron chi connectivity index (χ0n) is 11.3. The van der Waals surface area contributed by atoms with E-state index in [9.17, 15) is 4.79 Å². The molecule has 1 heterocycles. The molecule has 0 aliphatic heterocycles. The van der Waals surface area contributed by atoms with Gasteiger partial charge in [-0.05, 0) is 31.4 Å². The van der Waals surface area contributed by atoms with Gasteiger partial charge in [0, 0.05) is 36.1 Å². The van der Waals surface area contributed by atoms with Crippen LogP contribution in [0.15, 0.2) is 30.5 Å². The lowest BCUT2D eigenvalue weighted by atomic mass is 10.1. The van der Waals surface area contributed by atoms with Crippen molar-refractivity contribution in [3.8, 4) is 0 Å². The average Bonchev–Trinajstić information content (AvgIpc) is 2.80. The summed E-state index contributed by atoms with van der Waals surface area (Å²) in [5.41, 5.74) is 8.00. The SMILES string of the molecule is CC(N)CCC(=O)NCCc1c[nH]c2ccccc12. The summed E-state index contributed by atoms with van der Waals surface area (Å²) in [6, 6.07) is 8.28. The van der Waals surface area contributed by atoms with Crippen LogP contribution in [0.5, 0.6) is 0 Å². The third-order valence-electron chi connectivity index (χ3n) is 3.22. The Balaban J connectivity index is 1.81. The molecular weight excluding hydrogens is 238 g/mol. The van der Waals surface area contributed by atoms with Crippen LogP contribution in [0.1, 0.15) is 25.3 Å². The van der Waals surface area contributed by atoms with Gasteiger partial charge in [-0.1, -0.05) is 18.2 Å². The molecule has 102 valence electrons. The number of benzene rings is 1. The molecule has 0 aliphatic rings. The maximum Gasteiger partial charge on any atom is 0.220 e. The Morgan fingerprint density at radius 3 is 3.00 bits per heavy atom. The molecule has 2 rings (SSSR count). The van der Waals surface area contributed by atoms with Crippen LogP contribution in [-0.4, -0.2) is 23.5 Å². The first-order valence-electron chi connectivity index (χ1n) is 6.74. The number of nitrogens with one attached hydrogen (secondary N) is 2. The Bertz CT molecular complexity index is 545. The first-order valence-corrected chi connectivity index (χ1v) is 6.74. The van der Waals surface area contributed by atoms with Crippen molar-refractivity contribution in [3.63, 3.8) is 0 Å². The fourth-order valence-electron chi connectivity index (χ4n) is 2.12. The number of para-hydroxylation sites is 1. The molecule has 1 aromatic heterocycles. The zero-order chi connectivity index (χ0) is 13.7. The summed E-state index contributed by atoms with van der Waals surface area (Å²) in [6.07, 6.45) is 4.09. The molecule has 0 fully saturated rings. The summed E-state index contributed by atoms with van der Waals surface area (Å²) in [5, 5.41) is 4.16. The minimum absolute atomic E-state index is 0.0807. The fourth-order valence-corrected chi connectivity index (χ4v) is 2.12. The van der Waals surface area contributed by atoms with Crippen molar-refractivity contribution in [1.82, 2.24) is 10.3 Å². The van der Waals surface area contributed by atoms with Gasteiger partial charge in [0.15, 0.2) is 0 Å². The summed E-state index contributed by atoms with van der Waals surface area (Å²) in [4.78, 5) is 14.8. The Kier molecular flexibility index (Phi) is 4.58. The van der Waals surface area contributed by atoms with Crippen LogP contribution in [0.25, 0.3) is 10.9 Å². The van der Waals surface area contributed by atoms with Gasteiger partial charge in [0.1, 0.15) is 0 Å². The fraction of sp³-hybridized carbons (Fsp3) is 0.400. The molecule has 1 amide bonds. The van der Waals surface area contributed by atoms with Crippen molar-refractivity contribution in [2.75, 3.05) is 6.54 Å². The van der Waals surface area contributed by atoms with Crippen molar-refractivity contribution in [3.05, 3.63) is 36.0 Å². The maximum absolute atomic E-state index is 11.6. The number of fused-ring (bicyclic) bond motifs is 1. The van der Waals surface area contributed by atoms with E-state index in [1.54, 1.807) is 0 Å². The standard InChI is InChI=1S/C15H21N3O/c1-11(16)6-7-15(19)17-9-8-12-10-18-14-5-3-2-4-13(12)14/h2-5,10-11,18H,6-9,16H2,1H3,(H,17,19). The number of carbonyl (C=O) groups excluding carboxylic acids is 1. The van der Waals surface area contributed by atoms with Crippen LogP contribution in [0.3, 0.4) is 0 Å². The monoisotopic (exact) mass is 259 g/mol. The molecule has 4 N–H and O–H groups in total. The van der Waals surface area contributed by atoms with Gasteiger partial charge in [0.05, 0.1) is 0 Å². The molecule has 0 spiro atoms. The van der Waals surface area contributed by atoms with E-state index in [0.29, 0.717) is 13.0 Å². The molecule has 2 aromatic rings. The van der Waals surface area contributed by atoms with Gasteiger partial charge in [0.2, 0.25) is 5.91 Å². The van der Waals surface area contributed by atoms with E-state index in [1.807, 2.05) is 25.3 Å². The first-order chi connectivity index (χ1) is 9.16. The normalized spacial score (nSPS) is 12.5. The van der Waals surface area contributed by atoms with Crippen LogP contribution in [0.4, 0.5) is 0 Å². The molecule has 4 heteroatoms. The molecule has 0 aliphatic carbocycles. The van der Waals surface area contributed by atoms with E-state index >= 15 is 0 Å². The van der Waals surface area contributed by atoms with Crippen molar-refractivity contribution in [1.29, 1.82) is 0 Å². The number of aromatic nitrogens is 1. The second-order valence-electron chi connectivity index (χ2n) is 4.98. The Hall–Kier alpha value is -1.81. The highest BCUT2D eigenvalue weighted by Crippen LogP contribution is 2.17. The largest absolute Gasteiger partial charge is 0.361 e. The number of H-pyrrole nitrogens is 1. The lowest BCUT2D eigenvalue weighted by molar-refractivity contribution is -0.121. The van der Waals surface area contributed by atoms with Crippen molar-refractivity contribution in [2.45, 2.75) is 32.2 Å². The quantitative estimate of drug-likeness (QED) is 0.742. The van der Waals surface area contributed by atoms with E-state index in [4.69, 9.17) is 5.73 Å². The molecule has 1 aromatic carbocycles.